The molecule has 0 heterocycles. The van der Waals surface area contributed by atoms with Gasteiger partial charge in [-0.1, -0.05) is 54.6 Å². The van der Waals surface area contributed by atoms with Crippen molar-refractivity contribution in [3.05, 3.63) is 77.2 Å². The van der Waals surface area contributed by atoms with Crippen LogP contribution < -0.4 is 4.74 Å². The van der Waals surface area contributed by atoms with Crippen LogP contribution in [0.15, 0.2) is 66.7 Å². The van der Waals surface area contributed by atoms with Gasteiger partial charge in [0, 0.05) is 10.8 Å². The zero-order valence-electron chi connectivity index (χ0n) is 13.3. The molecule has 0 saturated carbocycles. The summed E-state index contributed by atoms with van der Waals surface area (Å²) in [4.78, 5) is 0. The van der Waals surface area contributed by atoms with E-state index in [1.165, 1.54) is 53.5 Å². The molecule has 0 aliphatic heterocycles. The average Bonchev–Trinajstić information content (AvgIpc) is 3.14. The topological polar surface area (TPSA) is 9.23 Å². The fourth-order valence-electron chi connectivity index (χ4n) is 4.56. The summed E-state index contributed by atoms with van der Waals surface area (Å²) in [6, 6.07) is 24.1. The molecule has 4 aromatic rings. The Labute approximate surface area is 138 Å². The van der Waals surface area contributed by atoms with E-state index in [-0.39, 0.29) is 0 Å². The molecular formula is C23H14O. The molecule has 0 fully saturated rings. The minimum absolute atomic E-state index is 0.947. The van der Waals surface area contributed by atoms with Gasteiger partial charge in [0.1, 0.15) is 5.75 Å². The maximum Gasteiger partial charge on any atom is 0.126 e. The summed E-state index contributed by atoms with van der Waals surface area (Å²) in [7, 11) is 1.75. The molecule has 2 aliphatic carbocycles. The summed E-state index contributed by atoms with van der Waals surface area (Å²) >= 11 is 0. The number of rotatable bonds is 1. The lowest BCUT2D eigenvalue weighted by molar-refractivity contribution is 0.420. The number of hydrogen-bond acceptors (Lipinski definition) is 1. The van der Waals surface area contributed by atoms with Gasteiger partial charge < -0.3 is 4.74 Å². The van der Waals surface area contributed by atoms with Crippen LogP contribution in [0.1, 0.15) is 0 Å². The summed E-state index contributed by atoms with van der Waals surface area (Å²) < 4.78 is 5.60. The van der Waals surface area contributed by atoms with Crippen molar-refractivity contribution in [2.45, 2.75) is 0 Å². The fourth-order valence-corrected chi connectivity index (χ4v) is 4.56. The first-order chi connectivity index (χ1) is 11.9. The van der Waals surface area contributed by atoms with E-state index in [9.17, 15) is 0 Å². The average molecular weight is 306 g/mol. The first kappa shape index (κ1) is 12.4. The smallest absolute Gasteiger partial charge is 0.126 e. The second kappa shape index (κ2) is 4.07. The lowest BCUT2D eigenvalue weighted by Crippen LogP contribution is -1.84. The van der Waals surface area contributed by atoms with Gasteiger partial charge in [0.2, 0.25) is 0 Å². The van der Waals surface area contributed by atoms with E-state index >= 15 is 0 Å². The van der Waals surface area contributed by atoms with E-state index < -0.39 is 0 Å². The third kappa shape index (κ3) is 1.25. The van der Waals surface area contributed by atoms with Gasteiger partial charge >= 0.3 is 0 Å². The third-order valence-corrected chi connectivity index (χ3v) is 5.45. The molecule has 6 rings (SSSR count). The number of ether oxygens (including phenoxy) is 1. The summed E-state index contributed by atoms with van der Waals surface area (Å²) in [5.74, 6) is 0.947. The standard InChI is InChI=1S/C23H14O/c1-24-19-12-11-18-21-14(19)7-4-10-17(21)22-15-8-2-5-13-6-3-9-16(20(13)15)23(18)22/h2-12H,1H3. The third-order valence-electron chi connectivity index (χ3n) is 5.45. The Balaban J connectivity index is 2.07. The normalized spacial score (nSPS) is 12.4. The molecule has 0 radical (unpaired) electrons. The second-order valence-electron chi connectivity index (χ2n) is 6.50. The quantitative estimate of drug-likeness (QED) is 0.367. The molecule has 0 N–H and O–H groups in total. The van der Waals surface area contributed by atoms with Crippen molar-refractivity contribution in [1.29, 1.82) is 0 Å². The highest BCUT2D eigenvalue weighted by atomic mass is 16.5. The zero-order chi connectivity index (χ0) is 15.8. The number of fused-ring (bicyclic) bond motifs is 4. The zero-order valence-corrected chi connectivity index (χ0v) is 13.3. The van der Waals surface area contributed by atoms with Crippen LogP contribution in [0, 0.1) is 10.4 Å². The molecular weight excluding hydrogens is 292 g/mol. The summed E-state index contributed by atoms with van der Waals surface area (Å²) in [6.07, 6.45) is 0. The van der Waals surface area contributed by atoms with Gasteiger partial charge in [0.25, 0.3) is 0 Å². The fraction of sp³-hybridized carbons (Fsp3) is 0.0435. The number of methoxy groups -OCH3 is 1. The minimum atomic E-state index is 0.947. The van der Waals surface area contributed by atoms with Crippen LogP contribution in [-0.4, -0.2) is 7.11 Å². The second-order valence-corrected chi connectivity index (χ2v) is 6.50. The van der Waals surface area contributed by atoms with Gasteiger partial charge in [-0.3, -0.25) is 0 Å². The molecule has 4 aromatic carbocycles. The van der Waals surface area contributed by atoms with Gasteiger partial charge in [-0.05, 0) is 54.9 Å². The minimum Gasteiger partial charge on any atom is -0.496 e. The Hall–Kier alpha value is -3.06. The molecule has 1 heteroatoms. The van der Waals surface area contributed by atoms with Gasteiger partial charge in [-0.2, -0.15) is 0 Å². The Morgan fingerprint density at radius 1 is 0.542 bits per heavy atom. The summed E-state index contributed by atoms with van der Waals surface area (Å²) in [5, 5.41) is 13.4. The highest BCUT2D eigenvalue weighted by Gasteiger charge is 2.18. The molecule has 0 atom stereocenters. The molecule has 0 bridgehead atoms. The van der Waals surface area contributed by atoms with Crippen LogP contribution in [0.5, 0.6) is 5.75 Å². The van der Waals surface area contributed by atoms with Gasteiger partial charge in [0.05, 0.1) is 7.11 Å². The molecule has 24 heavy (non-hydrogen) atoms. The van der Waals surface area contributed by atoms with Crippen LogP contribution in [0.2, 0.25) is 0 Å². The molecule has 0 spiro atoms. The van der Waals surface area contributed by atoms with E-state index in [0.29, 0.717) is 0 Å². The van der Waals surface area contributed by atoms with Crippen molar-refractivity contribution >= 4 is 43.1 Å². The highest BCUT2D eigenvalue weighted by Crippen LogP contribution is 2.42. The molecule has 0 aromatic heterocycles. The van der Waals surface area contributed by atoms with E-state index in [1.807, 2.05) is 0 Å². The first-order valence-corrected chi connectivity index (χ1v) is 8.26. The predicted molar refractivity (Wildman–Crippen MR) is 101 cm³/mol. The van der Waals surface area contributed by atoms with E-state index in [1.54, 1.807) is 7.11 Å². The highest BCUT2D eigenvalue weighted by molar-refractivity contribution is 6.23. The van der Waals surface area contributed by atoms with Crippen molar-refractivity contribution in [2.24, 2.45) is 0 Å². The van der Waals surface area contributed by atoms with Crippen LogP contribution in [0.3, 0.4) is 0 Å². The Kier molecular flexibility index (Phi) is 2.10. The van der Waals surface area contributed by atoms with Crippen LogP contribution >= 0.6 is 0 Å². The number of hydrogen-bond donors (Lipinski definition) is 0. The summed E-state index contributed by atoms with van der Waals surface area (Å²) in [6.45, 7) is 0. The van der Waals surface area contributed by atoms with Crippen molar-refractivity contribution < 1.29 is 4.74 Å². The van der Waals surface area contributed by atoms with E-state index in [0.717, 1.165) is 5.75 Å². The lowest BCUT2D eigenvalue weighted by Gasteiger charge is -2.07. The Morgan fingerprint density at radius 2 is 1.08 bits per heavy atom. The molecule has 0 saturated heterocycles. The largest absolute Gasteiger partial charge is 0.496 e. The van der Waals surface area contributed by atoms with Crippen molar-refractivity contribution in [1.82, 2.24) is 0 Å². The monoisotopic (exact) mass is 306 g/mol. The molecule has 112 valence electrons. The SMILES string of the molecule is COc1ccc2c3c4cccc5cccc(c=3c3cccc1c32)c54. The molecule has 0 unspecified atom stereocenters. The van der Waals surface area contributed by atoms with Crippen LogP contribution in [0.25, 0.3) is 43.1 Å². The van der Waals surface area contributed by atoms with Crippen molar-refractivity contribution in [3.8, 4) is 5.75 Å². The molecule has 2 aliphatic rings. The number of benzene rings is 4. The maximum atomic E-state index is 5.60. The van der Waals surface area contributed by atoms with Gasteiger partial charge in [-0.15, -0.1) is 0 Å². The maximum absolute atomic E-state index is 5.60. The predicted octanol–water partition coefficient (Wildman–Crippen LogP) is 5.91. The lowest BCUT2D eigenvalue weighted by atomic mass is 10.0. The summed E-state index contributed by atoms with van der Waals surface area (Å²) in [5.41, 5.74) is 0. The Bertz CT molecular complexity index is 1360. The molecule has 1 nitrogen and oxygen atoms in total. The van der Waals surface area contributed by atoms with Crippen LogP contribution in [0.4, 0.5) is 0 Å². The van der Waals surface area contributed by atoms with Crippen molar-refractivity contribution in [3.63, 3.8) is 0 Å². The van der Waals surface area contributed by atoms with Gasteiger partial charge in [-0.25, -0.2) is 0 Å². The van der Waals surface area contributed by atoms with Crippen molar-refractivity contribution in [2.75, 3.05) is 7.11 Å². The first-order valence-electron chi connectivity index (χ1n) is 8.26. The molecule has 0 amide bonds. The Morgan fingerprint density at radius 3 is 1.75 bits per heavy atom. The van der Waals surface area contributed by atoms with Gasteiger partial charge in [0.15, 0.2) is 0 Å². The van der Waals surface area contributed by atoms with Crippen LogP contribution in [-0.2, 0) is 0 Å². The van der Waals surface area contributed by atoms with E-state index in [4.69, 9.17) is 4.74 Å². The van der Waals surface area contributed by atoms with E-state index in [2.05, 4.69) is 66.7 Å².